The van der Waals surface area contributed by atoms with E-state index in [1.54, 1.807) is 17.0 Å². The summed E-state index contributed by atoms with van der Waals surface area (Å²) in [6.07, 6.45) is 4.49. The Bertz CT molecular complexity index is 1030. The van der Waals surface area contributed by atoms with E-state index in [2.05, 4.69) is 29.6 Å². The molecule has 0 aliphatic carbocycles. The van der Waals surface area contributed by atoms with Crippen molar-refractivity contribution in [3.05, 3.63) is 64.7 Å². The van der Waals surface area contributed by atoms with Crippen LogP contribution in [0.25, 0.3) is 0 Å². The third kappa shape index (κ3) is 4.52. The molecule has 0 bridgehead atoms. The lowest BCUT2D eigenvalue weighted by molar-refractivity contribution is -0.901. The first-order valence-electron chi connectivity index (χ1n) is 10.6. The molecular formula is C23H30N3O3S+. The van der Waals surface area contributed by atoms with Gasteiger partial charge in [0.25, 0.3) is 5.91 Å². The van der Waals surface area contributed by atoms with Crippen LogP contribution in [-0.2, 0) is 29.5 Å². The van der Waals surface area contributed by atoms with Gasteiger partial charge >= 0.3 is 0 Å². The minimum Gasteiger partial charge on any atom is -0.348 e. The highest BCUT2D eigenvalue weighted by Gasteiger charge is 2.32. The van der Waals surface area contributed by atoms with Gasteiger partial charge < -0.3 is 10.2 Å². The van der Waals surface area contributed by atoms with Gasteiger partial charge in [-0.15, -0.1) is 0 Å². The van der Waals surface area contributed by atoms with Crippen molar-refractivity contribution in [3.63, 3.8) is 0 Å². The van der Waals surface area contributed by atoms with Gasteiger partial charge in [-0.2, -0.15) is 0 Å². The van der Waals surface area contributed by atoms with E-state index in [9.17, 15) is 13.2 Å². The number of nitrogens with zero attached hydrogens (tertiary/aromatic N) is 1. The molecule has 2 aromatic carbocycles. The molecule has 2 aliphatic heterocycles. The van der Waals surface area contributed by atoms with Crippen LogP contribution >= 0.6 is 0 Å². The van der Waals surface area contributed by atoms with Crippen LogP contribution in [0.15, 0.2) is 42.5 Å². The van der Waals surface area contributed by atoms with Gasteiger partial charge in [0.2, 0.25) is 10.0 Å². The van der Waals surface area contributed by atoms with E-state index in [1.807, 2.05) is 13.0 Å². The molecule has 0 aromatic heterocycles. The van der Waals surface area contributed by atoms with Gasteiger partial charge in [-0.3, -0.25) is 9.10 Å². The third-order valence-electron chi connectivity index (χ3n) is 6.09. The zero-order valence-corrected chi connectivity index (χ0v) is 18.5. The van der Waals surface area contributed by atoms with Crippen molar-refractivity contribution in [1.29, 1.82) is 0 Å². The highest BCUT2D eigenvalue weighted by molar-refractivity contribution is 7.92. The molecule has 2 heterocycles. The fourth-order valence-corrected chi connectivity index (χ4v) is 5.91. The van der Waals surface area contributed by atoms with Crippen molar-refractivity contribution in [2.45, 2.75) is 45.3 Å². The number of carbonyl (C=O) groups is 1. The zero-order valence-electron chi connectivity index (χ0n) is 17.6. The molecular weight excluding hydrogens is 398 g/mol. The lowest BCUT2D eigenvalue weighted by atomic mass is 10.1. The van der Waals surface area contributed by atoms with Crippen LogP contribution < -0.4 is 14.5 Å². The summed E-state index contributed by atoms with van der Waals surface area (Å²) in [5, 5.41) is 2.98. The number of hydrogen-bond donors (Lipinski definition) is 2. The van der Waals surface area contributed by atoms with E-state index in [0.717, 1.165) is 17.7 Å². The Hall–Kier alpha value is -2.38. The number of likely N-dealkylation sites (tertiary alicyclic amines) is 1. The number of sulfonamides is 1. The zero-order chi connectivity index (χ0) is 21.3. The number of anilines is 1. The van der Waals surface area contributed by atoms with Gasteiger partial charge in [0.1, 0.15) is 6.54 Å². The number of fused-ring (bicyclic) bond motifs is 1. The van der Waals surface area contributed by atoms with Crippen LogP contribution in [-0.4, -0.2) is 39.7 Å². The van der Waals surface area contributed by atoms with Crippen LogP contribution in [0, 0.1) is 0 Å². The predicted octanol–water partition coefficient (Wildman–Crippen LogP) is 1.51. The first-order chi connectivity index (χ1) is 14.3. The summed E-state index contributed by atoms with van der Waals surface area (Å²) < 4.78 is 25.5. The molecule has 1 amide bonds. The molecule has 0 radical (unpaired) electrons. The molecule has 1 fully saturated rings. The third-order valence-corrected chi connectivity index (χ3v) is 7.36. The smallest absolute Gasteiger partial charge is 0.251 e. The lowest BCUT2D eigenvalue weighted by Crippen LogP contribution is -3.08. The molecule has 2 aliphatic rings. The molecule has 0 unspecified atom stereocenters. The molecule has 30 heavy (non-hydrogen) atoms. The van der Waals surface area contributed by atoms with Crippen molar-refractivity contribution in [2.24, 2.45) is 0 Å². The number of carbonyl (C=O) groups excluding carboxylic acids is 1. The van der Waals surface area contributed by atoms with Crippen molar-refractivity contribution >= 4 is 21.6 Å². The van der Waals surface area contributed by atoms with E-state index in [0.29, 0.717) is 24.2 Å². The highest BCUT2D eigenvalue weighted by atomic mass is 32.2. The van der Waals surface area contributed by atoms with Crippen LogP contribution in [0.2, 0.25) is 0 Å². The SMILES string of the molecule is C[C@H]1Cc2cc(C(=O)NCc3ccc(C[NH+]4CCCC4)cc3)ccc2N1S(C)(=O)=O. The number of rotatable bonds is 6. The van der Waals surface area contributed by atoms with E-state index >= 15 is 0 Å². The summed E-state index contributed by atoms with van der Waals surface area (Å²) in [6, 6.07) is 13.6. The fraction of sp³-hybridized carbons (Fsp3) is 0.435. The van der Waals surface area contributed by atoms with E-state index in [1.165, 1.54) is 42.1 Å². The van der Waals surface area contributed by atoms with Crippen LogP contribution in [0.5, 0.6) is 0 Å². The Morgan fingerprint density at radius 3 is 2.43 bits per heavy atom. The Morgan fingerprint density at radius 1 is 1.10 bits per heavy atom. The maximum Gasteiger partial charge on any atom is 0.251 e. The van der Waals surface area contributed by atoms with Gasteiger partial charge in [0.05, 0.1) is 25.0 Å². The monoisotopic (exact) mass is 428 g/mol. The Morgan fingerprint density at radius 2 is 1.77 bits per heavy atom. The average Bonchev–Trinajstić information content (AvgIpc) is 3.32. The predicted molar refractivity (Wildman–Crippen MR) is 118 cm³/mol. The maximum atomic E-state index is 12.6. The summed E-state index contributed by atoms with van der Waals surface area (Å²) >= 11 is 0. The summed E-state index contributed by atoms with van der Waals surface area (Å²) in [5.74, 6) is -0.145. The summed E-state index contributed by atoms with van der Waals surface area (Å²) in [6.45, 7) is 5.96. The van der Waals surface area contributed by atoms with Crippen LogP contribution in [0.4, 0.5) is 5.69 Å². The molecule has 7 heteroatoms. The van der Waals surface area contributed by atoms with Crippen LogP contribution in [0.1, 0.15) is 46.8 Å². The molecule has 2 N–H and O–H groups in total. The molecule has 1 saturated heterocycles. The van der Waals surface area contributed by atoms with Crippen LogP contribution in [0.3, 0.4) is 0 Å². The van der Waals surface area contributed by atoms with E-state index in [-0.39, 0.29) is 11.9 Å². The summed E-state index contributed by atoms with van der Waals surface area (Å²) in [4.78, 5) is 14.3. The first kappa shape index (κ1) is 20.9. The summed E-state index contributed by atoms with van der Waals surface area (Å²) in [7, 11) is -3.32. The van der Waals surface area contributed by atoms with Gasteiger partial charge in [-0.05, 0) is 42.7 Å². The Kier molecular flexibility index (Phi) is 5.84. The fourth-order valence-electron chi connectivity index (χ4n) is 4.65. The minimum absolute atomic E-state index is 0.130. The molecule has 2 aromatic rings. The standard InChI is InChI=1S/C23H29N3O3S/c1-17-13-21-14-20(9-10-22(21)26(17)30(2,28)29)23(27)24-15-18-5-7-19(8-6-18)16-25-11-3-4-12-25/h5-10,14,17H,3-4,11-13,15-16H2,1-2H3,(H,24,27)/p+1/t17-/m0/s1. The second-order valence-corrected chi connectivity index (χ2v) is 10.4. The van der Waals surface area contributed by atoms with Gasteiger partial charge in [-0.1, -0.05) is 24.3 Å². The topological polar surface area (TPSA) is 70.9 Å². The molecule has 0 spiro atoms. The summed E-state index contributed by atoms with van der Waals surface area (Å²) in [5.41, 5.74) is 4.55. The normalized spacial score (nSPS) is 19.1. The van der Waals surface area contributed by atoms with Crippen molar-refractivity contribution in [2.75, 3.05) is 23.7 Å². The van der Waals surface area contributed by atoms with Crippen molar-refractivity contribution in [3.8, 4) is 0 Å². The van der Waals surface area contributed by atoms with E-state index in [4.69, 9.17) is 0 Å². The molecule has 160 valence electrons. The molecule has 4 rings (SSSR count). The lowest BCUT2D eigenvalue weighted by Gasteiger charge is -2.21. The van der Waals surface area contributed by atoms with E-state index < -0.39 is 10.0 Å². The highest BCUT2D eigenvalue weighted by Crippen LogP contribution is 2.34. The van der Waals surface area contributed by atoms with Gasteiger partial charge in [0.15, 0.2) is 0 Å². The van der Waals surface area contributed by atoms with Crippen molar-refractivity contribution in [1.82, 2.24) is 5.32 Å². The second-order valence-electron chi connectivity index (χ2n) is 8.59. The number of nitrogens with one attached hydrogen (secondary N) is 2. The quantitative estimate of drug-likeness (QED) is 0.733. The molecule has 0 saturated carbocycles. The molecule has 1 atom stereocenters. The van der Waals surface area contributed by atoms with Gasteiger partial charge in [-0.25, -0.2) is 8.42 Å². The maximum absolute atomic E-state index is 12.6. The Labute approximate surface area is 178 Å². The number of hydrogen-bond acceptors (Lipinski definition) is 3. The number of amides is 1. The average molecular weight is 429 g/mol. The molecule has 6 nitrogen and oxygen atoms in total. The Balaban J connectivity index is 1.37. The second kappa shape index (κ2) is 8.40. The number of quaternary nitrogens is 1. The van der Waals surface area contributed by atoms with Crippen molar-refractivity contribution < 1.29 is 18.1 Å². The first-order valence-corrected chi connectivity index (χ1v) is 12.5. The number of benzene rings is 2. The minimum atomic E-state index is -3.32. The van der Waals surface area contributed by atoms with Gasteiger partial charge in [0, 0.05) is 36.6 Å². The largest absolute Gasteiger partial charge is 0.348 e.